The molecule has 5 aliphatic rings. The van der Waals surface area contributed by atoms with Crippen LogP contribution in [-0.4, -0.2) is 72.9 Å². The van der Waals surface area contributed by atoms with Gasteiger partial charge in [-0.05, 0) is 69.6 Å². The Hall–Kier alpha value is -2.33. The van der Waals surface area contributed by atoms with Crippen molar-refractivity contribution in [1.29, 1.82) is 0 Å². The lowest BCUT2D eigenvalue weighted by atomic mass is 9.43. The molecule has 0 aromatic heterocycles. The smallest absolute Gasteiger partial charge is 0.334 e. The standard InChI is InChI=1S/C34H48O9/c1-8-9-10-20(5)29(37)43-28-26(36)30(42-21(6)27(28)40-7)41-17-33-15-23-19(4)11-12-24(23)32(16-35)14-22(33)13-25(18(2)3)34(32,33)31(38)39/h8-10,13,16,18-19,21-24,26-28,30,36H,11-12,14-15,17H2,1-7H3,(H,38,39)/b9-8-,20-10-/t19-,21-,22-,23-,24-,26+,27-,28+,30-,32+,33+,34+/m1/s1. The van der Waals surface area contributed by atoms with Gasteiger partial charge in [0.2, 0.25) is 0 Å². The summed E-state index contributed by atoms with van der Waals surface area (Å²) in [6.07, 6.45) is 6.21. The van der Waals surface area contributed by atoms with Crippen LogP contribution in [0.15, 0.2) is 35.5 Å². The van der Waals surface area contributed by atoms with E-state index in [1.807, 2.05) is 20.8 Å². The second-order valence-corrected chi connectivity index (χ2v) is 13.9. The van der Waals surface area contributed by atoms with E-state index in [2.05, 4.69) is 13.0 Å². The van der Waals surface area contributed by atoms with Crippen molar-refractivity contribution in [2.75, 3.05) is 13.7 Å². The quantitative estimate of drug-likeness (QED) is 0.123. The third-order valence-corrected chi connectivity index (χ3v) is 11.8. The fourth-order valence-electron chi connectivity index (χ4n) is 9.98. The molecule has 9 heteroatoms. The van der Waals surface area contributed by atoms with E-state index in [0.29, 0.717) is 24.3 Å². The minimum absolute atomic E-state index is 0.00476. The Bertz CT molecular complexity index is 1220. The van der Waals surface area contributed by atoms with Crippen molar-refractivity contribution >= 4 is 18.2 Å². The molecule has 9 nitrogen and oxygen atoms in total. The number of carboxylic acid groups (broad SMARTS) is 1. The first-order chi connectivity index (χ1) is 20.4. The molecular weight excluding hydrogens is 552 g/mol. The van der Waals surface area contributed by atoms with Crippen LogP contribution in [0.4, 0.5) is 0 Å². The molecule has 4 aliphatic carbocycles. The number of aldehydes is 1. The third kappa shape index (κ3) is 4.36. The molecule has 12 atom stereocenters. The molecule has 0 amide bonds. The van der Waals surface area contributed by atoms with Crippen LogP contribution in [0.3, 0.4) is 0 Å². The molecule has 5 rings (SSSR count). The van der Waals surface area contributed by atoms with E-state index in [9.17, 15) is 24.6 Å². The molecule has 3 saturated carbocycles. The molecule has 1 heterocycles. The molecule has 43 heavy (non-hydrogen) atoms. The van der Waals surface area contributed by atoms with Crippen molar-refractivity contribution in [2.45, 2.75) is 97.9 Å². The van der Waals surface area contributed by atoms with Crippen molar-refractivity contribution in [2.24, 2.45) is 45.8 Å². The number of methoxy groups -OCH3 is 1. The molecule has 0 unspecified atom stereocenters. The first-order valence-corrected chi connectivity index (χ1v) is 15.8. The number of aliphatic hydroxyl groups is 1. The summed E-state index contributed by atoms with van der Waals surface area (Å²) in [5, 5.41) is 22.7. The van der Waals surface area contributed by atoms with E-state index in [0.717, 1.165) is 24.7 Å². The van der Waals surface area contributed by atoms with Gasteiger partial charge in [-0.25, -0.2) is 4.79 Å². The van der Waals surface area contributed by atoms with Gasteiger partial charge in [-0.2, -0.15) is 0 Å². The lowest BCUT2D eigenvalue weighted by Gasteiger charge is -2.58. The summed E-state index contributed by atoms with van der Waals surface area (Å²) in [5.41, 5.74) is -2.10. The van der Waals surface area contributed by atoms with Crippen molar-refractivity contribution in [3.05, 3.63) is 35.5 Å². The number of esters is 1. The summed E-state index contributed by atoms with van der Waals surface area (Å²) in [6.45, 7) is 11.4. The first-order valence-electron chi connectivity index (χ1n) is 15.8. The first kappa shape index (κ1) is 32.1. The molecule has 0 radical (unpaired) electrons. The predicted molar refractivity (Wildman–Crippen MR) is 158 cm³/mol. The number of allylic oxidation sites excluding steroid dienone is 4. The van der Waals surface area contributed by atoms with Crippen LogP contribution in [0.2, 0.25) is 0 Å². The molecule has 4 fully saturated rings. The monoisotopic (exact) mass is 600 g/mol. The molecule has 2 N–H and O–H groups in total. The Morgan fingerprint density at radius 2 is 1.91 bits per heavy atom. The number of aliphatic hydroxyl groups excluding tert-OH is 1. The van der Waals surface area contributed by atoms with Gasteiger partial charge in [-0.3, -0.25) is 4.79 Å². The summed E-state index contributed by atoms with van der Waals surface area (Å²) in [6, 6.07) is 0. The zero-order valence-electron chi connectivity index (χ0n) is 26.4. The van der Waals surface area contributed by atoms with Crippen molar-refractivity contribution in [3.8, 4) is 0 Å². The number of ether oxygens (including phenoxy) is 4. The van der Waals surface area contributed by atoms with Crippen LogP contribution >= 0.6 is 0 Å². The van der Waals surface area contributed by atoms with Gasteiger partial charge in [0, 0.05) is 18.1 Å². The summed E-state index contributed by atoms with van der Waals surface area (Å²) in [5.74, 6) is -1.17. The van der Waals surface area contributed by atoms with Gasteiger partial charge in [0.05, 0.1) is 18.1 Å². The zero-order valence-corrected chi connectivity index (χ0v) is 26.4. The van der Waals surface area contributed by atoms with E-state index < -0.39 is 58.9 Å². The lowest BCUT2D eigenvalue weighted by molar-refractivity contribution is -0.308. The van der Waals surface area contributed by atoms with E-state index in [1.165, 1.54) is 7.11 Å². The second kappa shape index (κ2) is 11.5. The molecule has 1 aliphatic heterocycles. The molecule has 4 bridgehead atoms. The molecule has 238 valence electrons. The van der Waals surface area contributed by atoms with Crippen LogP contribution in [0, 0.1) is 45.8 Å². The highest BCUT2D eigenvalue weighted by Crippen LogP contribution is 2.82. The summed E-state index contributed by atoms with van der Waals surface area (Å²) >= 11 is 0. The number of carboxylic acids is 1. The van der Waals surface area contributed by atoms with Crippen molar-refractivity contribution in [1.82, 2.24) is 0 Å². The Morgan fingerprint density at radius 1 is 1.19 bits per heavy atom. The van der Waals surface area contributed by atoms with E-state index in [-0.39, 0.29) is 30.3 Å². The van der Waals surface area contributed by atoms with Crippen LogP contribution in [-0.2, 0) is 33.3 Å². The van der Waals surface area contributed by atoms with Crippen LogP contribution < -0.4 is 0 Å². The largest absolute Gasteiger partial charge is 0.481 e. The van der Waals surface area contributed by atoms with Gasteiger partial charge in [0.15, 0.2) is 12.4 Å². The Morgan fingerprint density at radius 3 is 2.51 bits per heavy atom. The summed E-state index contributed by atoms with van der Waals surface area (Å²) < 4.78 is 23.9. The number of carbonyl (C=O) groups excluding carboxylic acids is 2. The normalized spacial score (nSPS) is 45.4. The SMILES string of the molecule is C/C=C\C=C(\C)C(=O)O[C@H]1[C@H](O)[C@H](OC[C@@]23C[C@@H]4[C@H](C)CC[C@H]4[C@@]4(C=O)C[C@H]2C=C(C(C)C)[C@@]34C(=O)O)O[C@H](C)[C@H]1OC. The van der Waals surface area contributed by atoms with Gasteiger partial charge in [0.25, 0.3) is 0 Å². The number of fused-ring (bicyclic) bond motifs is 2. The van der Waals surface area contributed by atoms with Crippen molar-refractivity contribution in [3.63, 3.8) is 0 Å². The highest BCUT2D eigenvalue weighted by atomic mass is 16.7. The molecule has 0 spiro atoms. The Kier molecular flexibility index (Phi) is 8.61. The molecular formula is C34H48O9. The maximum Gasteiger partial charge on any atom is 0.334 e. The fraction of sp³-hybridized carbons (Fsp3) is 0.735. The van der Waals surface area contributed by atoms with Gasteiger partial charge < -0.3 is 34.0 Å². The average Bonchev–Trinajstić information content (AvgIpc) is 3.54. The molecule has 1 saturated heterocycles. The van der Waals surface area contributed by atoms with Crippen LogP contribution in [0.1, 0.15) is 67.2 Å². The van der Waals surface area contributed by atoms with Gasteiger partial charge >= 0.3 is 11.9 Å². The van der Waals surface area contributed by atoms with Crippen LogP contribution in [0.25, 0.3) is 0 Å². The zero-order chi connectivity index (χ0) is 31.5. The van der Waals surface area contributed by atoms with Crippen molar-refractivity contribution < 1.29 is 43.5 Å². The fourth-order valence-corrected chi connectivity index (χ4v) is 9.98. The van der Waals surface area contributed by atoms with Gasteiger partial charge in [-0.15, -0.1) is 0 Å². The van der Waals surface area contributed by atoms with Gasteiger partial charge in [-0.1, -0.05) is 57.1 Å². The number of hydrogen-bond donors (Lipinski definition) is 2. The minimum atomic E-state index is -1.40. The summed E-state index contributed by atoms with van der Waals surface area (Å²) in [7, 11) is 1.47. The van der Waals surface area contributed by atoms with Crippen LogP contribution in [0.5, 0.6) is 0 Å². The van der Waals surface area contributed by atoms with Gasteiger partial charge in [0.1, 0.15) is 23.9 Å². The highest BCUT2D eigenvalue weighted by molar-refractivity contribution is 5.90. The predicted octanol–water partition coefficient (Wildman–Crippen LogP) is 4.48. The molecule has 0 aromatic rings. The van der Waals surface area contributed by atoms with E-state index in [4.69, 9.17) is 18.9 Å². The summed E-state index contributed by atoms with van der Waals surface area (Å²) in [4.78, 5) is 39.8. The number of hydrogen-bond acceptors (Lipinski definition) is 8. The van der Waals surface area contributed by atoms with E-state index >= 15 is 0 Å². The Balaban J connectivity index is 1.49. The maximum absolute atomic E-state index is 13.7. The topological polar surface area (TPSA) is 129 Å². The third-order valence-electron chi connectivity index (χ3n) is 11.8. The Labute approximate surface area is 254 Å². The van der Waals surface area contributed by atoms with E-state index in [1.54, 1.807) is 32.1 Å². The number of rotatable bonds is 10. The molecule has 0 aromatic carbocycles. The average molecular weight is 601 g/mol. The highest BCUT2D eigenvalue weighted by Gasteiger charge is 2.84. The second-order valence-electron chi connectivity index (χ2n) is 13.9. The lowest BCUT2D eigenvalue weighted by Crippen LogP contribution is -2.64. The minimum Gasteiger partial charge on any atom is -0.481 e. The number of aliphatic carboxylic acids is 1. The maximum atomic E-state index is 13.7. The number of carbonyl (C=O) groups is 3.